The summed E-state index contributed by atoms with van der Waals surface area (Å²) in [6.45, 7) is 2.57. The molecule has 2 rings (SSSR count). The second kappa shape index (κ2) is 5.89. The van der Waals surface area contributed by atoms with E-state index in [2.05, 4.69) is 5.10 Å². The molecule has 0 aliphatic carbocycles. The van der Waals surface area contributed by atoms with Gasteiger partial charge in [0.15, 0.2) is 0 Å². The van der Waals surface area contributed by atoms with Crippen molar-refractivity contribution in [3.05, 3.63) is 52.3 Å². The van der Waals surface area contributed by atoms with Crippen LogP contribution in [0.5, 0.6) is 0 Å². The second-order valence-corrected chi connectivity index (χ2v) is 4.78. The van der Waals surface area contributed by atoms with E-state index in [0.717, 1.165) is 17.7 Å². The third-order valence-corrected chi connectivity index (χ3v) is 3.16. The number of carboxylic acids is 1. The molecule has 0 radical (unpaired) electrons. The van der Waals surface area contributed by atoms with E-state index in [0.29, 0.717) is 18.0 Å². The van der Waals surface area contributed by atoms with Crippen LogP contribution < -0.4 is 0 Å². The summed E-state index contributed by atoms with van der Waals surface area (Å²) < 4.78 is 1.75. The molecule has 1 aromatic heterocycles. The minimum Gasteiger partial charge on any atom is -0.478 e. The van der Waals surface area contributed by atoms with Gasteiger partial charge < -0.3 is 5.11 Å². The highest BCUT2D eigenvalue weighted by molar-refractivity contribution is 6.30. The SMILES string of the molecule is CCCc1c(C(=O)O)cnn1Cc1ccc(Cl)cc1. The Morgan fingerprint density at radius 2 is 2.05 bits per heavy atom. The zero-order valence-corrected chi connectivity index (χ0v) is 11.4. The number of hydrogen-bond donors (Lipinski definition) is 1. The summed E-state index contributed by atoms with van der Waals surface area (Å²) in [6.07, 6.45) is 3.01. The number of carbonyl (C=O) groups is 1. The fraction of sp³-hybridized carbons (Fsp3) is 0.286. The van der Waals surface area contributed by atoms with E-state index >= 15 is 0 Å². The van der Waals surface area contributed by atoms with E-state index in [1.54, 1.807) is 4.68 Å². The molecular formula is C14H15ClN2O2. The highest BCUT2D eigenvalue weighted by atomic mass is 35.5. The summed E-state index contributed by atoms with van der Waals surface area (Å²) in [5.41, 5.74) is 2.10. The molecule has 4 nitrogen and oxygen atoms in total. The van der Waals surface area contributed by atoms with Crippen LogP contribution in [0.1, 0.15) is 35.0 Å². The highest BCUT2D eigenvalue weighted by Crippen LogP contribution is 2.15. The number of nitrogens with zero attached hydrogens (tertiary/aromatic N) is 2. The van der Waals surface area contributed by atoms with Gasteiger partial charge in [0.25, 0.3) is 0 Å². The maximum absolute atomic E-state index is 11.1. The first-order valence-electron chi connectivity index (χ1n) is 6.14. The van der Waals surface area contributed by atoms with Crippen LogP contribution in [0.25, 0.3) is 0 Å². The van der Waals surface area contributed by atoms with Crippen molar-refractivity contribution in [2.45, 2.75) is 26.3 Å². The van der Waals surface area contributed by atoms with E-state index in [1.807, 2.05) is 31.2 Å². The van der Waals surface area contributed by atoms with Gasteiger partial charge in [0.2, 0.25) is 0 Å². The number of benzene rings is 1. The Labute approximate surface area is 116 Å². The summed E-state index contributed by atoms with van der Waals surface area (Å²) in [7, 11) is 0. The molecule has 19 heavy (non-hydrogen) atoms. The monoisotopic (exact) mass is 278 g/mol. The van der Waals surface area contributed by atoms with Crippen molar-refractivity contribution in [1.82, 2.24) is 9.78 Å². The van der Waals surface area contributed by atoms with Crippen LogP contribution in [-0.4, -0.2) is 20.9 Å². The smallest absolute Gasteiger partial charge is 0.339 e. The lowest BCUT2D eigenvalue weighted by Crippen LogP contribution is -2.09. The van der Waals surface area contributed by atoms with Crippen molar-refractivity contribution in [2.75, 3.05) is 0 Å². The number of rotatable bonds is 5. The zero-order chi connectivity index (χ0) is 13.8. The normalized spacial score (nSPS) is 10.6. The zero-order valence-electron chi connectivity index (χ0n) is 10.6. The Bertz CT molecular complexity index is 576. The molecule has 1 aromatic carbocycles. The lowest BCUT2D eigenvalue weighted by atomic mass is 10.1. The maximum Gasteiger partial charge on any atom is 0.339 e. The largest absolute Gasteiger partial charge is 0.478 e. The quantitative estimate of drug-likeness (QED) is 0.913. The van der Waals surface area contributed by atoms with E-state index in [4.69, 9.17) is 16.7 Å². The average Bonchev–Trinajstić information content (AvgIpc) is 2.76. The molecule has 1 heterocycles. The van der Waals surface area contributed by atoms with Gasteiger partial charge in [-0.15, -0.1) is 0 Å². The Hall–Kier alpha value is -1.81. The van der Waals surface area contributed by atoms with Crippen LogP contribution in [0.15, 0.2) is 30.5 Å². The van der Waals surface area contributed by atoms with Crippen molar-refractivity contribution in [3.8, 4) is 0 Å². The highest BCUT2D eigenvalue weighted by Gasteiger charge is 2.15. The van der Waals surface area contributed by atoms with Gasteiger partial charge in [-0.3, -0.25) is 4.68 Å². The molecule has 0 unspecified atom stereocenters. The van der Waals surface area contributed by atoms with Crippen LogP contribution in [-0.2, 0) is 13.0 Å². The van der Waals surface area contributed by atoms with Crippen LogP contribution >= 0.6 is 11.6 Å². The Kier molecular flexibility index (Phi) is 4.22. The molecule has 5 heteroatoms. The molecule has 0 amide bonds. The molecule has 0 saturated carbocycles. The lowest BCUT2D eigenvalue weighted by Gasteiger charge is -2.08. The fourth-order valence-corrected chi connectivity index (χ4v) is 2.11. The van der Waals surface area contributed by atoms with Gasteiger partial charge in [-0.05, 0) is 24.1 Å². The molecule has 100 valence electrons. The fourth-order valence-electron chi connectivity index (χ4n) is 1.99. The van der Waals surface area contributed by atoms with Crippen LogP contribution in [0.3, 0.4) is 0 Å². The van der Waals surface area contributed by atoms with Gasteiger partial charge in [0.05, 0.1) is 18.4 Å². The van der Waals surface area contributed by atoms with Crippen molar-refractivity contribution >= 4 is 17.6 Å². The summed E-state index contributed by atoms with van der Waals surface area (Å²) >= 11 is 5.84. The van der Waals surface area contributed by atoms with E-state index in [9.17, 15) is 4.79 Å². The van der Waals surface area contributed by atoms with Gasteiger partial charge in [0.1, 0.15) is 5.56 Å². The average molecular weight is 279 g/mol. The van der Waals surface area contributed by atoms with Crippen molar-refractivity contribution in [2.24, 2.45) is 0 Å². The predicted molar refractivity (Wildman–Crippen MR) is 73.7 cm³/mol. The molecule has 0 fully saturated rings. The molecule has 0 atom stereocenters. The first-order chi connectivity index (χ1) is 9.11. The minimum atomic E-state index is -0.925. The first-order valence-corrected chi connectivity index (χ1v) is 6.52. The predicted octanol–water partition coefficient (Wildman–Crippen LogP) is 3.24. The summed E-state index contributed by atoms with van der Waals surface area (Å²) in [6, 6.07) is 7.47. The van der Waals surface area contributed by atoms with E-state index in [1.165, 1.54) is 6.20 Å². The Morgan fingerprint density at radius 3 is 2.63 bits per heavy atom. The van der Waals surface area contributed by atoms with Crippen LogP contribution in [0, 0.1) is 0 Å². The Morgan fingerprint density at radius 1 is 1.37 bits per heavy atom. The van der Waals surface area contributed by atoms with Crippen LogP contribution in [0.4, 0.5) is 0 Å². The van der Waals surface area contributed by atoms with Crippen LogP contribution in [0.2, 0.25) is 5.02 Å². The van der Waals surface area contributed by atoms with Crippen molar-refractivity contribution < 1.29 is 9.90 Å². The first kappa shape index (κ1) is 13.6. The van der Waals surface area contributed by atoms with Gasteiger partial charge in [-0.1, -0.05) is 37.1 Å². The third-order valence-electron chi connectivity index (χ3n) is 2.91. The lowest BCUT2D eigenvalue weighted by molar-refractivity contribution is 0.0695. The van der Waals surface area contributed by atoms with E-state index in [-0.39, 0.29) is 5.56 Å². The van der Waals surface area contributed by atoms with Gasteiger partial charge in [-0.25, -0.2) is 4.79 Å². The molecular weight excluding hydrogens is 264 g/mol. The number of aromatic carboxylic acids is 1. The maximum atomic E-state index is 11.1. The van der Waals surface area contributed by atoms with Gasteiger partial charge in [0, 0.05) is 5.02 Å². The van der Waals surface area contributed by atoms with Gasteiger partial charge >= 0.3 is 5.97 Å². The summed E-state index contributed by atoms with van der Waals surface area (Å²) in [5, 5.41) is 14.0. The summed E-state index contributed by atoms with van der Waals surface area (Å²) in [4.78, 5) is 11.1. The molecule has 0 spiro atoms. The van der Waals surface area contributed by atoms with Crippen molar-refractivity contribution in [1.29, 1.82) is 0 Å². The number of aromatic nitrogens is 2. The number of carboxylic acid groups (broad SMARTS) is 1. The topological polar surface area (TPSA) is 55.1 Å². The third kappa shape index (κ3) is 3.15. The van der Waals surface area contributed by atoms with Gasteiger partial charge in [-0.2, -0.15) is 5.10 Å². The molecule has 0 saturated heterocycles. The molecule has 0 aliphatic rings. The number of halogens is 1. The minimum absolute atomic E-state index is 0.288. The van der Waals surface area contributed by atoms with Crippen molar-refractivity contribution in [3.63, 3.8) is 0 Å². The standard InChI is InChI=1S/C14H15ClN2O2/c1-2-3-13-12(14(18)19)8-16-17(13)9-10-4-6-11(15)7-5-10/h4-8H,2-3,9H2,1H3,(H,18,19). The Balaban J connectivity index is 2.29. The second-order valence-electron chi connectivity index (χ2n) is 4.34. The number of hydrogen-bond acceptors (Lipinski definition) is 2. The van der Waals surface area contributed by atoms with E-state index < -0.39 is 5.97 Å². The molecule has 2 aromatic rings. The molecule has 0 bridgehead atoms. The molecule has 0 aliphatic heterocycles. The summed E-state index contributed by atoms with van der Waals surface area (Å²) in [5.74, 6) is -0.925. The molecule has 1 N–H and O–H groups in total.